The first-order chi connectivity index (χ1) is 6.72. The standard InChI is InChI=1S/C5H16N4O4S2/c1-5(9-15(12,13)7-3)4-8-14(10,11)6-2/h5-9H,4H2,1-3H3/t5-/m1/s1. The van der Waals surface area contributed by atoms with Gasteiger partial charge in [-0.05, 0) is 6.92 Å². The van der Waals surface area contributed by atoms with Gasteiger partial charge in [0.25, 0.3) is 20.4 Å². The zero-order valence-electron chi connectivity index (χ0n) is 8.73. The predicted octanol–water partition coefficient (Wildman–Crippen LogP) is -2.52. The third kappa shape index (κ3) is 6.76. The first-order valence-corrected chi connectivity index (χ1v) is 7.08. The molecule has 0 aliphatic heterocycles. The van der Waals surface area contributed by atoms with Gasteiger partial charge < -0.3 is 0 Å². The summed E-state index contributed by atoms with van der Waals surface area (Å²) in [5.41, 5.74) is 0. The van der Waals surface area contributed by atoms with Crippen LogP contribution in [0.25, 0.3) is 0 Å². The molecule has 0 spiro atoms. The summed E-state index contributed by atoms with van der Waals surface area (Å²) in [5, 5.41) is 0. The van der Waals surface area contributed by atoms with Crippen molar-refractivity contribution < 1.29 is 16.8 Å². The zero-order valence-corrected chi connectivity index (χ0v) is 10.4. The fraction of sp³-hybridized carbons (Fsp3) is 1.00. The summed E-state index contributed by atoms with van der Waals surface area (Å²) >= 11 is 0. The van der Waals surface area contributed by atoms with Crippen LogP contribution in [0.4, 0.5) is 0 Å². The van der Waals surface area contributed by atoms with Crippen LogP contribution < -0.4 is 18.9 Å². The van der Waals surface area contributed by atoms with Gasteiger partial charge in [0.2, 0.25) is 0 Å². The molecule has 0 aromatic heterocycles. The summed E-state index contributed by atoms with van der Waals surface area (Å²) in [7, 11) is -4.57. The molecular weight excluding hydrogens is 244 g/mol. The SMILES string of the molecule is CNS(=O)(=O)NC[C@@H](C)NS(=O)(=O)NC. The molecule has 0 rings (SSSR count). The Kier molecular flexibility index (Phi) is 5.62. The Morgan fingerprint density at radius 3 is 1.87 bits per heavy atom. The van der Waals surface area contributed by atoms with E-state index in [4.69, 9.17) is 0 Å². The molecule has 1 atom stereocenters. The van der Waals surface area contributed by atoms with Gasteiger partial charge in [-0.25, -0.2) is 14.2 Å². The van der Waals surface area contributed by atoms with Crippen LogP contribution in [0.2, 0.25) is 0 Å². The van der Waals surface area contributed by atoms with E-state index in [-0.39, 0.29) is 6.54 Å². The van der Waals surface area contributed by atoms with E-state index in [0.29, 0.717) is 0 Å². The number of rotatable bonds is 7. The Morgan fingerprint density at radius 1 is 1.00 bits per heavy atom. The van der Waals surface area contributed by atoms with E-state index in [9.17, 15) is 16.8 Å². The highest BCUT2D eigenvalue weighted by Crippen LogP contribution is 1.84. The van der Waals surface area contributed by atoms with Gasteiger partial charge in [0.05, 0.1) is 0 Å². The summed E-state index contributed by atoms with van der Waals surface area (Å²) in [6, 6.07) is -0.550. The molecule has 0 heterocycles. The van der Waals surface area contributed by atoms with E-state index in [1.807, 2.05) is 4.72 Å². The lowest BCUT2D eigenvalue weighted by molar-refractivity contribution is 0.537. The van der Waals surface area contributed by atoms with Crippen molar-refractivity contribution in [2.45, 2.75) is 13.0 Å². The van der Waals surface area contributed by atoms with Gasteiger partial charge in [0.1, 0.15) is 0 Å². The summed E-state index contributed by atoms with van der Waals surface area (Å²) in [6.45, 7) is 1.50. The largest absolute Gasteiger partial charge is 0.276 e. The van der Waals surface area contributed by atoms with E-state index in [1.54, 1.807) is 0 Å². The normalized spacial score (nSPS) is 15.1. The van der Waals surface area contributed by atoms with Gasteiger partial charge in [0.15, 0.2) is 0 Å². The average molecular weight is 260 g/mol. The van der Waals surface area contributed by atoms with E-state index in [0.717, 1.165) is 0 Å². The Hall–Kier alpha value is -0.260. The third-order valence-corrected chi connectivity index (χ3v) is 3.81. The van der Waals surface area contributed by atoms with E-state index >= 15 is 0 Å². The second kappa shape index (κ2) is 5.72. The molecule has 0 amide bonds. The number of hydrogen-bond acceptors (Lipinski definition) is 4. The summed E-state index contributed by atoms with van der Waals surface area (Å²) in [6.07, 6.45) is 0. The maximum Gasteiger partial charge on any atom is 0.276 e. The molecule has 0 aromatic rings. The van der Waals surface area contributed by atoms with Crippen molar-refractivity contribution in [2.24, 2.45) is 0 Å². The Labute approximate surface area is 90.2 Å². The molecule has 0 fully saturated rings. The molecule has 0 unspecified atom stereocenters. The second-order valence-corrected chi connectivity index (χ2v) is 6.14. The smallest absolute Gasteiger partial charge is 0.205 e. The maximum absolute atomic E-state index is 11.0. The van der Waals surface area contributed by atoms with Crippen molar-refractivity contribution in [3.63, 3.8) is 0 Å². The van der Waals surface area contributed by atoms with Crippen LogP contribution in [0.5, 0.6) is 0 Å². The highest BCUT2D eigenvalue weighted by molar-refractivity contribution is 7.87. The highest BCUT2D eigenvalue weighted by atomic mass is 32.2. The lowest BCUT2D eigenvalue weighted by Crippen LogP contribution is -2.47. The lowest BCUT2D eigenvalue weighted by atomic mass is 10.4. The first-order valence-electron chi connectivity index (χ1n) is 4.11. The first kappa shape index (κ1) is 14.7. The Morgan fingerprint density at radius 2 is 1.47 bits per heavy atom. The highest BCUT2D eigenvalue weighted by Gasteiger charge is 2.13. The average Bonchev–Trinajstić information content (AvgIpc) is 2.15. The summed E-state index contributed by atoms with van der Waals surface area (Å²) in [5.74, 6) is 0. The van der Waals surface area contributed by atoms with Crippen LogP contribution in [0, 0.1) is 0 Å². The number of nitrogens with one attached hydrogen (secondary N) is 4. The van der Waals surface area contributed by atoms with Gasteiger partial charge >= 0.3 is 0 Å². The van der Waals surface area contributed by atoms with Crippen LogP contribution in [-0.2, 0) is 20.4 Å². The second-order valence-electron chi connectivity index (χ2n) is 2.78. The minimum atomic E-state index is -3.55. The van der Waals surface area contributed by atoms with Gasteiger partial charge in [-0.1, -0.05) is 0 Å². The maximum atomic E-state index is 11.0. The van der Waals surface area contributed by atoms with Crippen LogP contribution in [0.1, 0.15) is 6.92 Å². The van der Waals surface area contributed by atoms with Crippen molar-refractivity contribution in [2.75, 3.05) is 20.6 Å². The molecule has 10 heteroatoms. The van der Waals surface area contributed by atoms with Crippen molar-refractivity contribution >= 4 is 20.4 Å². The van der Waals surface area contributed by atoms with Crippen molar-refractivity contribution in [3.8, 4) is 0 Å². The summed E-state index contributed by atoms with van der Waals surface area (Å²) in [4.78, 5) is 0. The van der Waals surface area contributed by atoms with E-state index in [1.165, 1.54) is 21.0 Å². The Balaban J connectivity index is 4.13. The molecule has 0 aliphatic carbocycles. The Bertz CT molecular complexity index is 376. The molecule has 0 saturated heterocycles. The molecular formula is C5H16N4O4S2. The minimum absolute atomic E-state index is 0.0376. The molecule has 0 saturated carbocycles. The summed E-state index contributed by atoms with van der Waals surface area (Å²) < 4.78 is 52.3. The van der Waals surface area contributed by atoms with E-state index < -0.39 is 26.5 Å². The molecule has 15 heavy (non-hydrogen) atoms. The molecule has 0 aliphatic rings. The zero-order chi connectivity index (χ0) is 12.1. The molecule has 0 aromatic carbocycles. The van der Waals surface area contributed by atoms with Crippen LogP contribution >= 0.6 is 0 Å². The van der Waals surface area contributed by atoms with Gasteiger partial charge in [-0.2, -0.15) is 21.6 Å². The van der Waals surface area contributed by atoms with Gasteiger partial charge in [-0.3, -0.25) is 0 Å². The lowest BCUT2D eigenvalue weighted by Gasteiger charge is -2.13. The topological polar surface area (TPSA) is 116 Å². The molecule has 0 radical (unpaired) electrons. The molecule has 0 bridgehead atoms. The van der Waals surface area contributed by atoms with Gasteiger partial charge in [0, 0.05) is 26.7 Å². The fourth-order valence-electron chi connectivity index (χ4n) is 0.672. The fourth-order valence-corrected chi connectivity index (χ4v) is 2.02. The van der Waals surface area contributed by atoms with Crippen molar-refractivity contribution in [3.05, 3.63) is 0 Å². The van der Waals surface area contributed by atoms with Crippen molar-refractivity contribution in [1.82, 2.24) is 18.9 Å². The molecule has 8 nitrogen and oxygen atoms in total. The van der Waals surface area contributed by atoms with Crippen LogP contribution in [0.3, 0.4) is 0 Å². The minimum Gasteiger partial charge on any atom is -0.205 e. The van der Waals surface area contributed by atoms with Crippen LogP contribution in [0.15, 0.2) is 0 Å². The predicted molar refractivity (Wildman–Crippen MR) is 56.6 cm³/mol. The van der Waals surface area contributed by atoms with E-state index in [2.05, 4.69) is 14.2 Å². The molecule has 92 valence electrons. The third-order valence-electron chi connectivity index (χ3n) is 1.47. The van der Waals surface area contributed by atoms with Crippen LogP contribution in [-0.4, -0.2) is 43.5 Å². The molecule has 4 N–H and O–H groups in total. The monoisotopic (exact) mass is 260 g/mol. The quantitative estimate of drug-likeness (QED) is 0.404. The number of hydrogen-bond donors (Lipinski definition) is 4. The van der Waals surface area contributed by atoms with Gasteiger partial charge in [-0.15, -0.1) is 0 Å². The van der Waals surface area contributed by atoms with Crippen molar-refractivity contribution in [1.29, 1.82) is 0 Å².